The number of quaternary nitrogens is 1. The highest BCUT2D eigenvalue weighted by Crippen LogP contribution is 2.17. The lowest BCUT2D eigenvalue weighted by Gasteiger charge is -2.17. The van der Waals surface area contributed by atoms with Crippen molar-refractivity contribution in [2.45, 2.75) is 26.4 Å². The molecule has 1 amide bonds. The molecule has 0 aliphatic carbocycles. The van der Waals surface area contributed by atoms with Gasteiger partial charge in [-0.1, -0.05) is 25.1 Å². The summed E-state index contributed by atoms with van der Waals surface area (Å²) in [5.74, 6) is 2.08. The van der Waals surface area contributed by atoms with E-state index in [2.05, 4.69) is 22.4 Å². The van der Waals surface area contributed by atoms with Gasteiger partial charge >= 0.3 is 0 Å². The molecule has 1 unspecified atom stereocenters. The van der Waals surface area contributed by atoms with E-state index in [4.69, 9.17) is 13.6 Å². The molecule has 0 saturated carbocycles. The lowest BCUT2D eigenvalue weighted by atomic mass is 10.2. The van der Waals surface area contributed by atoms with Crippen molar-refractivity contribution < 1.29 is 23.3 Å². The van der Waals surface area contributed by atoms with Crippen LogP contribution in [0, 0.1) is 0 Å². The maximum Gasteiger partial charge on any atom is 0.283 e. The maximum atomic E-state index is 12.4. The minimum atomic E-state index is -0.0415. The number of para-hydroxylation sites is 1. The minimum Gasteiger partial charge on any atom is -0.496 e. The highest BCUT2D eigenvalue weighted by atomic mass is 16.5. The molecule has 0 fully saturated rings. The lowest BCUT2D eigenvalue weighted by Crippen LogP contribution is -3.12. The van der Waals surface area contributed by atoms with Crippen LogP contribution in [0.2, 0.25) is 0 Å². The van der Waals surface area contributed by atoms with Crippen molar-refractivity contribution in [2.75, 3.05) is 20.2 Å². The zero-order valence-electron chi connectivity index (χ0n) is 16.1. The third-order valence-electron chi connectivity index (χ3n) is 4.28. The van der Waals surface area contributed by atoms with Crippen LogP contribution in [0.5, 0.6) is 5.75 Å². The average Bonchev–Trinajstić information content (AvgIpc) is 3.38. The Hall–Kier alpha value is -3.13. The third-order valence-corrected chi connectivity index (χ3v) is 4.28. The van der Waals surface area contributed by atoms with Crippen LogP contribution in [0.15, 0.2) is 51.5 Å². The van der Waals surface area contributed by atoms with Crippen molar-refractivity contribution in [2.24, 2.45) is 0 Å². The van der Waals surface area contributed by atoms with Crippen LogP contribution >= 0.6 is 0 Å². The van der Waals surface area contributed by atoms with Gasteiger partial charge in [-0.3, -0.25) is 4.79 Å². The minimum absolute atomic E-state index is 0.0415. The van der Waals surface area contributed by atoms with Crippen molar-refractivity contribution in [3.05, 3.63) is 54.1 Å². The first-order valence-electron chi connectivity index (χ1n) is 9.28. The van der Waals surface area contributed by atoms with Gasteiger partial charge in [-0.15, -0.1) is 10.2 Å². The lowest BCUT2D eigenvalue weighted by molar-refractivity contribution is -0.907. The summed E-state index contributed by atoms with van der Waals surface area (Å²) in [4.78, 5) is 13.5. The molecule has 2 aromatic heterocycles. The number of carbonyl (C=O) groups is 1. The first-order valence-corrected chi connectivity index (χ1v) is 9.28. The van der Waals surface area contributed by atoms with E-state index in [-0.39, 0.29) is 5.91 Å². The van der Waals surface area contributed by atoms with Crippen LogP contribution in [-0.2, 0) is 17.9 Å². The quantitative estimate of drug-likeness (QED) is 0.549. The number of hydrogen-bond acceptors (Lipinski definition) is 6. The topological polar surface area (TPSA) is 94.8 Å². The fraction of sp³-hybridized carbons (Fsp3) is 0.350. The van der Waals surface area contributed by atoms with Gasteiger partial charge in [0.2, 0.25) is 0 Å². The summed E-state index contributed by atoms with van der Waals surface area (Å²) >= 11 is 0. The first-order chi connectivity index (χ1) is 13.7. The highest BCUT2D eigenvalue weighted by molar-refractivity contribution is 5.76. The Morgan fingerprint density at radius 2 is 2.07 bits per heavy atom. The number of amides is 1. The fourth-order valence-corrected chi connectivity index (χ4v) is 2.96. The molecular weight excluding hydrogens is 360 g/mol. The Balaban J connectivity index is 1.56. The molecule has 2 heterocycles. The maximum absolute atomic E-state index is 12.4. The molecule has 8 nitrogen and oxygen atoms in total. The molecule has 3 rings (SSSR count). The van der Waals surface area contributed by atoms with Gasteiger partial charge in [-0.2, -0.15) is 0 Å². The zero-order chi connectivity index (χ0) is 19.8. The molecule has 148 valence electrons. The number of ether oxygens (including phenoxy) is 1. The van der Waals surface area contributed by atoms with Crippen LogP contribution in [0.1, 0.15) is 24.8 Å². The zero-order valence-corrected chi connectivity index (χ0v) is 16.1. The normalized spacial score (nSPS) is 11.9. The van der Waals surface area contributed by atoms with E-state index in [1.165, 1.54) is 0 Å². The fourth-order valence-electron chi connectivity index (χ4n) is 2.96. The Morgan fingerprint density at radius 1 is 1.21 bits per heavy atom. The number of furan rings is 1. The highest BCUT2D eigenvalue weighted by Gasteiger charge is 2.19. The van der Waals surface area contributed by atoms with E-state index in [0.717, 1.165) is 29.2 Å². The number of hydrogen-bond donors (Lipinski definition) is 2. The van der Waals surface area contributed by atoms with Gasteiger partial charge in [-0.25, -0.2) is 0 Å². The van der Waals surface area contributed by atoms with Crippen molar-refractivity contribution in [1.82, 2.24) is 15.5 Å². The molecule has 0 spiro atoms. The van der Waals surface area contributed by atoms with Crippen molar-refractivity contribution in [1.29, 1.82) is 0 Å². The molecule has 28 heavy (non-hydrogen) atoms. The average molecular weight is 385 g/mol. The van der Waals surface area contributed by atoms with Crippen molar-refractivity contribution in [3.8, 4) is 17.4 Å². The molecule has 8 heteroatoms. The molecular formula is C20H25N4O4+. The monoisotopic (exact) mass is 385 g/mol. The summed E-state index contributed by atoms with van der Waals surface area (Å²) in [6, 6.07) is 11.2. The number of aromatic nitrogens is 2. The van der Waals surface area contributed by atoms with E-state index in [0.29, 0.717) is 37.2 Å². The summed E-state index contributed by atoms with van der Waals surface area (Å²) in [6.45, 7) is 4.12. The number of carbonyl (C=O) groups excluding carboxylic acids is 1. The smallest absolute Gasteiger partial charge is 0.283 e. The Kier molecular flexibility index (Phi) is 6.80. The molecule has 0 aliphatic heterocycles. The molecule has 0 aliphatic rings. The Labute approximate surface area is 163 Å². The van der Waals surface area contributed by atoms with Crippen LogP contribution in [-0.4, -0.2) is 36.3 Å². The molecule has 0 bridgehead atoms. The Morgan fingerprint density at radius 3 is 2.82 bits per heavy atom. The van der Waals surface area contributed by atoms with Crippen LogP contribution < -0.4 is 15.0 Å². The number of benzene rings is 1. The van der Waals surface area contributed by atoms with Gasteiger partial charge in [0.05, 0.1) is 19.9 Å². The number of methoxy groups -OCH3 is 1. The van der Waals surface area contributed by atoms with E-state index < -0.39 is 0 Å². The molecule has 3 aromatic rings. The summed E-state index contributed by atoms with van der Waals surface area (Å²) in [5, 5.41) is 11.0. The summed E-state index contributed by atoms with van der Waals surface area (Å²) in [5.41, 5.74) is 0.940. The second kappa shape index (κ2) is 9.70. The van der Waals surface area contributed by atoms with Crippen molar-refractivity contribution in [3.63, 3.8) is 0 Å². The molecule has 0 saturated heterocycles. The largest absolute Gasteiger partial charge is 0.496 e. The molecule has 1 atom stereocenters. The first kappa shape index (κ1) is 19.6. The molecule has 1 aromatic carbocycles. The second-order valence-corrected chi connectivity index (χ2v) is 6.42. The van der Waals surface area contributed by atoms with E-state index >= 15 is 0 Å². The number of rotatable bonds is 10. The third kappa shape index (κ3) is 5.20. The number of nitrogens with one attached hydrogen (secondary N) is 2. The predicted molar refractivity (Wildman–Crippen MR) is 102 cm³/mol. The van der Waals surface area contributed by atoms with Crippen LogP contribution in [0.3, 0.4) is 0 Å². The molecule has 0 radical (unpaired) electrons. The molecule has 2 N–H and O–H groups in total. The van der Waals surface area contributed by atoms with E-state index in [1.54, 1.807) is 25.5 Å². The number of nitrogens with zero attached hydrogens (tertiary/aromatic N) is 2. The SMILES string of the molecule is CCC[NH+](CC(=O)NCc1ccccc1OC)Cc1nnc(-c2ccco2)o1. The summed E-state index contributed by atoms with van der Waals surface area (Å²) < 4.78 is 16.2. The standard InChI is InChI=1S/C20H24N4O4/c1-3-10-24(14-19-22-23-20(28-19)17-9-6-11-27-17)13-18(25)21-12-15-7-4-5-8-16(15)26-2/h4-9,11H,3,10,12-14H2,1-2H3,(H,21,25)/p+1. The van der Waals surface area contributed by atoms with Crippen LogP contribution in [0.4, 0.5) is 0 Å². The second-order valence-electron chi connectivity index (χ2n) is 6.42. The van der Waals surface area contributed by atoms with E-state index in [1.807, 2.05) is 24.3 Å². The van der Waals surface area contributed by atoms with Gasteiger partial charge in [0, 0.05) is 12.1 Å². The van der Waals surface area contributed by atoms with Crippen molar-refractivity contribution >= 4 is 5.91 Å². The summed E-state index contributed by atoms with van der Waals surface area (Å²) in [7, 11) is 1.62. The predicted octanol–water partition coefficient (Wildman–Crippen LogP) is 1.45. The Bertz CT molecular complexity index is 876. The van der Waals surface area contributed by atoms with Gasteiger partial charge in [0.25, 0.3) is 17.7 Å². The summed E-state index contributed by atoms with van der Waals surface area (Å²) in [6.07, 6.45) is 2.49. The van der Waals surface area contributed by atoms with Gasteiger partial charge < -0.3 is 23.8 Å². The van der Waals surface area contributed by atoms with Gasteiger partial charge in [0.1, 0.15) is 5.75 Å². The van der Waals surface area contributed by atoms with Crippen LogP contribution in [0.25, 0.3) is 11.7 Å². The van der Waals surface area contributed by atoms with Gasteiger partial charge in [0.15, 0.2) is 18.8 Å². The van der Waals surface area contributed by atoms with Gasteiger partial charge in [-0.05, 0) is 24.6 Å². The van der Waals surface area contributed by atoms with E-state index in [9.17, 15) is 4.79 Å².